The molecule has 0 aliphatic carbocycles. The number of rotatable bonds is 7. The summed E-state index contributed by atoms with van der Waals surface area (Å²) in [5, 5.41) is 0. The summed E-state index contributed by atoms with van der Waals surface area (Å²) in [6.45, 7) is 3.90. The molecule has 0 fully saturated rings. The lowest BCUT2D eigenvalue weighted by molar-refractivity contribution is 0.166. The Kier molecular flexibility index (Phi) is 6.54. The summed E-state index contributed by atoms with van der Waals surface area (Å²) in [5.41, 5.74) is 0. The molecule has 0 bridgehead atoms. The van der Waals surface area contributed by atoms with Crippen LogP contribution in [0.15, 0.2) is 0 Å². The van der Waals surface area contributed by atoms with E-state index in [1.807, 2.05) is 0 Å². The summed E-state index contributed by atoms with van der Waals surface area (Å²) in [5.74, 6) is 2.26. The van der Waals surface area contributed by atoms with Crippen LogP contribution in [0.25, 0.3) is 0 Å². The lowest BCUT2D eigenvalue weighted by Gasteiger charge is -2.07. The van der Waals surface area contributed by atoms with Gasteiger partial charge in [-0.05, 0) is 20.3 Å². The summed E-state index contributed by atoms with van der Waals surface area (Å²) in [7, 11) is -3.40. The Morgan fingerprint density at radius 2 is 2.07 bits per heavy atom. The Hall–Kier alpha value is -0.570. The van der Waals surface area contributed by atoms with Crippen molar-refractivity contribution in [1.29, 1.82) is 0 Å². The lowest BCUT2D eigenvalue weighted by Crippen LogP contribution is -2.16. The molecule has 0 aliphatic rings. The first-order chi connectivity index (χ1) is 6.48. The molecule has 0 rings (SSSR count). The number of hydrogen-bond acceptors (Lipinski definition) is 4. The fourth-order valence-corrected chi connectivity index (χ4v) is 1.96. The minimum absolute atomic E-state index is 0.0320. The minimum atomic E-state index is -3.40. The van der Waals surface area contributed by atoms with Crippen molar-refractivity contribution in [1.82, 2.24) is 0 Å². The smallest absolute Gasteiger partial charge is 0.267 e. The van der Waals surface area contributed by atoms with E-state index in [-0.39, 0.29) is 18.5 Å². The summed E-state index contributed by atoms with van der Waals surface area (Å²) in [6, 6.07) is 0. The van der Waals surface area contributed by atoms with Crippen molar-refractivity contribution < 1.29 is 17.3 Å². The largest absolute Gasteiger partial charge is 0.369 e. The van der Waals surface area contributed by atoms with Gasteiger partial charge in [-0.2, -0.15) is 8.42 Å². The van der Waals surface area contributed by atoms with Crippen molar-refractivity contribution in [3.8, 4) is 12.3 Å². The van der Waals surface area contributed by atoms with Crippen LogP contribution in [0.4, 0.5) is 0 Å². The van der Waals surface area contributed by atoms with E-state index < -0.39 is 10.1 Å². The van der Waals surface area contributed by atoms with Crippen LogP contribution in [0.2, 0.25) is 0 Å². The van der Waals surface area contributed by atoms with E-state index in [1.165, 1.54) is 0 Å². The zero-order valence-electron chi connectivity index (χ0n) is 8.52. The fraction of sp³-hybridized carbons (Fsp3) is 0.778. The van der Waals surface area contributed by atoms with Gasteiger partial charge in [-0.15, -0.1) is 6.42 Å². The molecule has 5 heteroatoms. The standard InChI is InChI=1S/C9H16O4S/c1-4-6-12-7-5-8-14(10,11)13-9(2)3/h1,9H,5-8H2,2-3H3. The average molecular weight is 220 g/mol. The molecule has 0 N–H and O–H groups in total. The number of ether oxygens (including phenoxy) is 1. The van der Waals surface area contributed by atoms with Crippen molar-refractivity contribution in [3.05, 3.63) is 0 Å². The Morgan fingerprint density at radius 1 is 1.43 bits per heavy atom. The highest BCUT2D eigenvalue weighted by Crippen LogP contribution is 2.01. The normalized spacial score (nSPS) is 11.6. The molecule has 0 heterocycles. The molecule has 0 aromatic heterocycles. The van der Waals surface area contributed by atoms with Gasteiger partial charge in [-0.25, -0.2) is 0 Å². The molecule has 0 aliphatic heterocycles. The highest BCUT2D eigenvalue weighted by atomic mass is 32.2. The van der Waals surface area contributed by atoms with Crippen LogP contribution in [0, 0.1) is 12.3 Å². The van der Waals surface area contributed by atoms with Crippen molar-refractivity contribution >= 4 is 10.1 Å². The monoisotopic (exact) mass is 220 g/mol. The minimum Gasteiger partial charge on any atom is -0.369 e. The lowest BCUT2D eigenvalue weighted by atomic mass is 10.5. The SMILES string of the molecule is C#CCOCCCS(=O)(=O)OC(C)C. The summed E-state index contributed by atoms with van der Waals surface area (Å²) in [6.07, 6.45) is 5.03. The van der Waals surface area contributed by atoms with Gasteiger partial charge in [0.1, 0.15) is 6.61 Å². The maximum absolute atomic E-state index is 11.2. The molecular weight excluding hydrogens is 204 g/mol. The van der Waals surface area contributed by atoms with E-state index in [0.717, 1.165) is 0 Å². The van der Waals surface area contributed by atoms with E-state index in [4.69, 9.17) is 15.3 Å². The maximum atomic E-state index is 11.2. The fourth-order valence-electron chi connectivity index (χ4n) is 0.810. The van der Waals surface area contributed by atoms with Gasteiger partial charge >= 0.3 is 0 Å². The second kappa shape index (κ2) is 6.82. The Bertz CT molecular complexity index is 274. The second-order valence-electron chi connectivity index (χ2n) is 3.02. The highest BCUT2D eigenvalue weighted by molar-refractivity contribution is 7.86. The Balaban J connectivity index is 3.63. The number of terminal acetylenes is 1. The summed E-state index contributed by atoms with van der Waals surface area (Å²) < 4.78 is 32.0. The summed E-state index contributed by atoms with van der Waals surface area (Å²) in [4.78, 5) is 0. The van der Waals surface area contributed by atoms with Crippen molar-refractivity contribution in [2.45, 2.75) is 26.4 Å². The third-order valence-electron chi connectivity index (χ3n) is 1.21. The van der Waals surface area contributed by atoms with Gasteiger partial charge in [0.25, 0.3) is 10.1 Å². The third kappa shape index (κ3) is 8.05. The second-order valence-corrected chi connectivity index (χ2v) is 4.73. The van der Waals surface area contributed by atoms with Gasteiger partial charge in [0.05, 0.1) is 11.9 Å². The van der Waals surface area contributed by atoms with Crippen LogP contribution in [-0.2, 0) is 19.0 Å². The molecule has 82 valence electrons. The summed E-state index contributed by atoms with van der Waals surface area (Å²) >= 11 is 0. The number of hydrogen-bond donors (Lipinski definition) is 0. The molecule has 0 aromatic carbocycles. The molecule has 0 saturated heterocycles. The van der Waals surface area contributed by atoms with Crippen molar-refractivity contribution in [2.75, 3.05) is 19.0 Å². The van der Waals surface area contributed by atoms with Crippen molar-refractivity contribution in [2.24, 2.45) is 0 Å². The van der Waals surface area contributed by atoms with Crippen LogP contribution in [0.3, 0.4) is 0 Å². The molecule has 0 spiro atoms. The average Bonchev–Trinajstić information content (AvgIpc) is 2.01. The molecule has 0 unspecified atom stereocenters. The molecule has 0 atom stereocenters. The quantitative estimate of drug-likeness (QED) is 0.361. The van der Waals surface area contributed by atoms with Gasteiger partial charge < -0.3 is 4.74 Å². The van der Waals surface area contributed by atoms with Gasteiger partial charge in [0.2, 0.25) is 0 Å². The molecular formula is C9H16O4S. The maximum Gasteiger partial charge on any atom is 0.267 e. The molecule has 0 saturated carbocycles. The first kappa shape index (κ1) is 13.4. The first-order valence-electron chi connectivity index (χ1n) is 4.40. The van der Waals surface area contributed by atoms with Crippen LogP contribution in [-0.4, -0.2) is 33.5 Å². The topological polar surface area (TPSA) is 52.6 Å². The molecule has 0 amide bonds. The van der Waals surface area contributed by atoms with Crippen LogP contribution < -0.4 is 0 Å². The predicted octanol–water partition coefficient (Wildman–Crippen LogP) is 0.781. The van der Waals surface area contributed by atoms with Crippen LogP contribution in [0.1, 0.15) is 20.3 Å². The Labute approximate surface area is 85.7 Å². The van der Waals surface area contributed by atoms with Gasteiger partial charge in [-0.1, -0.05) is 5.92 Å². The highest BCUT2D eigenvalue weighted by Gasteiger charge is 2.12. The predicted molar refractivity (Wildman–Crippen MR) is 54.3 cm³/mol. The van der Waals surface area contributed by atoms with E-state index in [2.05, 4.69) is 5.92 Å². The zero-order valence-corrected chi connectivity index (χ0v) is 9.34. The van der Waals surface area contributed by atoms with E-state index in [0.29, 0.717) is 13.0 Å². The third-order valence-corrected chi connectivity index (χ3v) is 2.67. The molecule has 4 nitrogen and oxygen atoms in total. The van der Waals surface area contributed by atoms with E-state index >= 15 is 0 Å². The van der Waals surface area contributed by atoms with E-state index in [9.17, 15) is 8.42 Å². The zero-order chi connectivity index (χ0) is 11.0. The van der Waals surface area contributed by atoms with Crippen LogP contribution in [0.5, 0.6) is 0 Å². The van der Waals surface area contributed by atoms with E-state index in [1.54, 1.807) is 13.8 Å². The van der Waals surface area contributed by atoms with Gasteiger partial charge in [0, 0.05) is 6.61 Å². The first-order valence-corrected chi connectivity index (χ1v) is 5.98. The van der Waals surface area contributed by atoms with Crippen molar-refractivity contribution in [3.63, 3.8) is 0 Å². The molecule has 0 radical (unpaired) electrons. The molecule has 0 aromatic rings. The van der Waals surface area contributed by atoms with Gasteiger partial charge in [-0.3, -0.25) is 4.18 Å². The Morgan fingerprint density at radius 3 is 2.57 bits per heavy atom. The van der Waals surface area contributed by atoms with Crippen LogP contribution >= 0.6 is 0 Å². The van der Waals surface area contributed by atoms with Gasteiger partial charge in [0.15, 0.2) is 0 Å². The molecule has 14 heavy (non-hydrogen) atoms.